The first kappa shape index (κ1) is 31.5. The number of hydrogen-bond acceptors (Lipinski definition) is 6. The van der Waals surface area contributed by atoms with Gasteiger partial charge in [-0.1, -0.05) is 36.4 Å². The van der Waals surface area contributed by atoms with Crippen LogP contribution in [0.5, 0.6) is 5.75 Å². The summed E-state index contributed by atoms with van der Waals surface area (Å²) in [7, 11) is 0. The lowest BCUT2D eigenvalue weighted by Gasteiger charge is -2.14. The second-order valence-electron chi connectivity index (χ2n) is 11.1. The Hall–Kier alpha value is -5.45. The lowest BCUT2D eigenvalue weighted by molar-refractivity contribution is -0.137. The van der Waals surface area contributed by atoms with Gasteiger partial charge in [-0.15, -0.1) is 0 Å². The number of ether oxygens (including phenoxy) is 1. The van der Waals surface area contributed by atoms with E-state index >= 15 is 0 Å². The Bertz CT molecular complexity index is 1840. The number of oxazole rings is 1. The zero-order valence-corrected chi connectivity index (χ0v) is 25.3. The number of halogens is 3. The summed E-state index contributed by atoms with van der Waals surface area (Å²) in [5.74, 6) is 1.36. The van der Waals surface area contributed by atoms with E-state index in [9.17, 15) is 22.8 Å². The van der Waals surface area contributed by atoms with Crippen LogP contribution in [0.3, 0.4) is 0 Å². The Kier molecular flexibility index (Phi) is 9.32. The molecule has 0 saturated carbocycles. The van der Waals surface area contributed by atoms with Crippen LogP contribution < -0.4 is 4.74 Å². The molecule has 0 bridgehead atoms. The number of benzene rings is 3. The fraction of sp³-hybridized carbons (Fsp3) is 0.222. The number of imidazole rings is 1. The van der Waals surface area contributed by atoms with Crippen LogP contribution in [-0.4, -0.2) is 37.8 Å². The fourth-order valence-corrected chi connectivity index (χ4v) is 5.36. The number of unbranched alkanes of at least 4 members (excludes halogenated alkanes) is 1. The first-order chi connectivity index (χ1) is 22.7. The first-order valence-electron chi connectivity index (χ1n) is 15.2. The van der Waals surface area contributed by atoms with Crippen molar-refractivity contribution in [3.05, 3.63) is 137 Å². The molecule has 2 amide bonds. The van der Waals surface area contributed by atoms with Crippen LogP contribution in [-0.2, 0) is 32.2 Å². The molecule has 0 spiro atoms. The summed E-state index contributed by atoms with van der Waals surface area (Å²) in [6.07, 6.45) is 7.31. The highest BCUT2D eigenvalue weighted by molar-refractivity contribution is 6.21. The number of rotatable bonds is 13. The Labute approximate surface area is 269 Å². The molecule has 3 aromatic carbocycles. The molecule has 1 aliphatic rings. The van der Waals surface area contributed by atoms with Crippen LogP contribution in [0.25, 0.3) is 12.2 Å². The van der Waals surface area contributed by atoms with Gasteiger partial charge in [-0.05, 0) is 72.9 Å². The van der Waals surface area contributed by atoms with Crippen molar-refractivity contribution in [1.82, 2.24) is 19.4 Å². The van der Waals surface area contributed by atoms with Gasteiger partial charge < -0.3 is 13.7 Å². The van der Waals surface area contributed by atoms with Crippen molar-refractivity contribution in [2.24, 2.45) is 0 Å². The van der Waals surface area contributed by atoms with Crippen LogP contribution in [0, 0.1) is 0 Å². The van der Waals surface area contributed by atoms with Crippen molar-refractivity contribution in [3.63, 3.8) is 0 Å². The predicted molar refractivity (Wildman–Crippen MR) is 168 cm³/mol. The summed E-state index contributed by atoms with van der Waals surface area (Å²) < 4.78 is 51.5. The molecule has 0 fully saturated rings. The van der Waals surface area contributed by atoms with E-state index in [1.54, 1.807) is 42.6 Å². The monoisotopic (exact) mass is 640 g/mol. The highest BCUT2D eigenvalue weighted by atomic mass is 19.4. The Morgan fingerprint density at radius 1 is 0.830 bits per heavy atom. The number of carbonyl (C=O) groups is 2. The van der Waals surface area contributed by atoms with E-state index < -0.39 is 11.7 Å². The lowest BCUT2D eigenvalue weighted by atomic mass is 10.1. The molecule has 240 valence electrons. The van der Waals surface area contributed by atoms with Crippen molar-refractivity contribution in [2.75, 3.05) is 6.54 Å². The molecule has 0 atom stereocenters. The predicted octanol–water partition coefficient (Wildman–Crippen LogP) is 7.50. The number of aryl methyl sites for hydroxylation is 2. The maximum Gasteiger partial charge on any atom is 0.416 e. The number of hydrogen-bond donors (Lipinski definition) is 0. The smallest absolute Gasteiger partial charge is 0.416 e. The molecule has 0 N–H and O–H groups in total. The topological polar surface area (TPSA) is 90.5 Å². The summed E-state index contributed by atoms with van der Waals surface area (Å²) in [4.78, 5) is 35.4. The molecule has 2 aromatic heterocycles. The number of fused-ring (bicyclic) bond motifs is 1. The molecule has 8 nitrogen and oxygen atoms in total. The van der Waals surface area contributed by atoms with Crippen molar-refractivity contribution in [1.29, 1.82) is 0 Å². The fourth-order valence-electron chi connectivity index (χ4n) is 5.36. The highest BCUT2D eigenvalue weighted by Crippen LogP contribution is 2.29. The van der Waals surface area contributed by atoms with E-state index in [1.807, 2.05) is 30.5 Å². The molecule has 3 heterocycles. The molecule has 0 aliphatic carbocycles. The number of amides is 2. The Morgan fingerprint density at radius 3 is 2.26 bits per heavy atom. The van der Waals surface area contributed by atoms with Crippen molar-refractivity contribution in [3.8, 4) is 5.75 Å². The van der Waals surface area contributed by atoms with Crippen molar-refractivity contribution in [2.45, 2.75) is 45.0 Å². The second-order valence-corrected chi connectivity index (χ2v) is 11.1. The largest absolute Gasteiger partial charge is 0.487 e. The molecule has 0 saturated heterocycles. The second kappa shape index (κ2) is 13.9. The maximum absolute atomic E-state index is 12.7. The molecular weight excluding hydrogens is 609 g/mol. The van der Waals surface area contributed by atoms with Crippen LogP contribution >= 0.6 is 0 Å². The molecule has 11 heteroatoms. The van der Waals surface area contributed by atoms with E-state index in [0.29, 0.717) is 47.0 Å². The van der Waals surface area contributed by atoms with Gasteiger partial charge in [0.05, 0.1) is 16.7 Å². The van der Waals surface area contributed by atoms with Gasteiger partial charge in [0.15, 0.2) is 0 Å². The third kappa shape index (κ3) is 7.69. The number of carbonyl (C=O) groups excluding carboxylic acids is 2. The first-order valence-corrected chi connectivity index (χ1v) is 15.2. The maximum atomic E-state index is 12.7. The molecule has 47 heavy (non-hydrogen) atoms. The van der Waals surface area contributed by atoms with E-state index in [-0.39, 0.29) is 18.4 Å². The number of aromatic nitrogens is 3. The minimum absolute atomic E-state index is 0.206. The third-order valence-electron chi connectivity index (χ3n) is 7.89. The van der Waals surface area contributed by atoms with Gasteiger partial charge in [0.2, 0.25) is 5.89 Å². The summed E-state index contributed by atoms with van der Waals surface area (Å²) in [6, 6.07) is 19.6. The van der Waals surface area contributed by atoms with Gasteiger partial charge >= 0.3 is 6.18 Å². The summed E-state index contributed by atoms with van der Waals surface area (Å²) in [5, 5.41) is 0. The SMILES string of the molecule is O=C1c2ccccc2C(=O)N1CCc1nccn1CCCCc1ccc(OCc2coc(/C=C/c3ccc(C(F)(F)F)cc3)n2)cc1. The molecule has 0 unspecified atom stereocenters. The normalized spacial score (nSPS) is 13.1. The van der Waals surface area contributed by atoms with E-state index in [2.05, 4.69) is 14.5 Å². The van der Waals surface area contributed by atoms with E-state index in [0.717, 1.165) is 43.8 Å². The highest BCUT2D eigenvalue weighted by Gasteiger charge is 2.35. The minimum atomic E-state index is -4.37. The van der Waals surface area contributed by atoms with Crippen LogP contribution in [0.2, 0.25) is 0 Å². The summed E-state index contributed by atoms with van der Waals surface area (Å²) >= 11 is 0. The van der Waals surface area contributed by atoms with Crippen molar-refractivity contribution >= 4 is 24.0 Å². The number of imide groups is 1. The average molecular weight is 641 g/mol. The van der Waals surface area contributed by atoms with Gasteiger partial charge in [0.25, 0.3) is 11.8 Å². The zero-order valence-electron chi connectivity index (χ0n) is 25.3. The quantitative estimate of drug-likeness (QED) is 0.0978. The van der Waals surface area contributed by atoms with Gasteiger partial charge in [0.1, 0.15) is 30.1 Å². The van der Waals surface area contributed by atoms with Crippen LogP contribution in [0.1, 0.15) is 67.7 Å². The molecule has 6 rings (SSSR count). The van der Waals surface area contributed by atoms with E-state index in [4.69, 9.17) is 9.15 Å². The van der Waals surface area contributed by atoms with Gasteiger partial charge in [-0.3, -0.25) is 14.5 Å². The number of alkyl halides is 3. The summed E-state index contributed by atoms with van der Waals surface area (Å²) in [5.41, 5.74) is 2.58. The molecule has 5 aromatic rings. The van der Waals surface area contributed by atoms with Crippen molar-refractivity contribution < 1.29 is 31.9 Å². The third-order valence-corrected chi connectivity index (χ3v) is 7.89. The lowest BCUT2D eigenvalue weighted by Crippen LogP contribution is -2.32. The van der Waals surface area contributed by atoms with Gasteiger partial charge in [-0.2, -0.15) is 13.2 Å². The summed E-state index contributed by atoms with van der Waals surface area (Å²) in [6.45, 7) is 1.29. The van der Waals surface area contributed by atoms with Gasteiger partial charge in [0, 0.05) is 38.0 Å². The standard InChI is InChI=1S/C36H31F3N4O4/c37-36(38,39)27-13-8-26(9-14-27)12-17-33-41-28(24-47-33)23-46-29-15-10-25(11-16-29)5-3-4-20-42-22-19-40-32(42)18-21-43-34(44)30-6-1-2-7-31(30)35(43)45/h1-2,6-17,19,22,24H,3-5,18,20-21,23H2/b17-12+. The van der Waals surface area contributed by atoms with Crippen LogP contribution in [0.15, 0.2) is 95.9 Å². The van der Waals surface area contributed by atoms with Crippen LogP contribution in [0.4, 0.5) is 13.2 Å². The Morgan fingerprint density at radius 2 is 1.55 bits per heavy atom. The number of nitrogens with zero attached hydrogens (tertiary/aromatic N) is 4. The Balaban J connectivity index is 0.910. The van der Waals surface area contributed by atoms with E-state index in [1.165, 1.54) is 28.9 Å². The van der Waals surface area contributed by atoms with Gasteiger partial charge in [-0.25, -0.2) is 9.97 Å². The molecule has 0 radical (unpaired) electrons. The molecule has 1 aliphatic heterocycles. The average Bonchev–Trinajstić information content (AvgIpc) is 3.79. The zero-order chi connectivity index (χ0) is 32.8. The molecular formula is C36H31F3N4O4. The minimum Gasteiger partial charge on any atom is -0.487 e.